The molecule has 4 N–H and O–H groups in total. The zero-order valence-corrected chi connectivity index (χ0v) is 17.6. The van der Waals surface area contributed by atoms with E-state index in [1.54, 1.807) is 13.0 Å². The number of hydrogen-bond donors (Lipinski definition) is 4. The Morgan fingerprint density at radius 1 is 1.25 bits per heavy atom. The van der Waals surface area contributed by atoms with E-state index >= 15 is 0 Å². The Bertz CT molecular complexity index is 807. The molecule has 8 atom stereocenters. The molecular formula is C21H27BrO6. The van der Waals surface area contributed by atoms with Gasteiger partial charge in [0.1, 0.15) is 6.61 Å². The van der Waals surface area contributed by atoms with Crippen molar-refractivity contribution in [1.82, 2.24) is 0 Å². The molecule has 4 rings (SSSR count). The number of ketones is 2. The molecule has 0 aromatic carbocycles. The van der Waals surface area contributed by atoms with Crippen molar-refractivity contribution in [3.63, 3.8) is 0 Å². The molecule has 0 heterocycles. The minimum Gasteiger partial charge on any atom is -0.392 e. The molecule has 0 spiro atoms. The SMILES string of the molecule is C[C@]12C=CC(=O)C=C1CC[C@H]1C3C[C@@H](O)[C@](O)(C(=O)CO)[C@@]3(C)C[C@H](O)[C@@]12Br. The molecular weight excluding hydrogens is 428 g/mol. The molecule has 1 unspecified atom stereocenters. The van der Waals surface area contributed by atoms with Crippen molar-refractivity contribution in [1.29, 1.82) is 0 Å². The predicted molar refractivity (Wildman–Crippen MR) is 105 cm³/mol. The van der Waals surface area contributed by atoms with Crippen molar-refractivity contribution < 1.29 is 30.0 Å². The van der Waals surface area contributed by atoms with Crippen LogP contribution in [-0.2, 0) is 9.59 Å². The minimum atomic E-state index is -2.09. The fraction of sp³-hybridized carbons (Fsp3) is 0.714. The van der Waals surface area contributed by atoms with Crippen LogP contribution >= 0.6 is 15.9 Å². The van der Waals surface area contributed by atoms with Gasteiger partial charge in [0.15, 0.2) is 17.2 Å². The Labute approximate surface area is 172 Å². The Morgan fingerprint density at radius 2 is 1.93 bits per heavy atom. The number of fused-ring (bicyclic) bond motifs is 5. The van der Waals surface area contributed by atoms with Crippen LogP contribution in [0, 0.1) is 22.7 Å². The van der Waals surface area contributed by atoms with Crippen LogP contribution in [0.1, 0.15) is 39.5 Å². The Hall–Kier alpha value is -0.860. The van der Waals surface area contributed by atoms with Gasteiger partial charge < -0.3 is 20.4 Å². The maximum Gasteiger partial charge on any atom is 0.192 e. The van der Waals surface area contributed by atoms with Crippen LogP contribution in [0.4, 0.5) is 0 Å². The molecule has 28 heavy (non-hydrogen) atoms. The molecule has 0 aromatic heterocycles. The zero-order chi connectivity index (χ0) is 20.7. The summed E-state index contributed by atoms with van der Waals surface area (Å²) in [6.45, 7) is 2.89. The largest absolute Gasteiger partial charge is 0.392 e. The third-order valence-corrected chi connectivity index (χ3v) is 10.4. The first kappa shape index (κ1) is 20.4. The number of halogens is 1. The van der Waals surface area contributed by atoms with Gasteiger partial charge in [0.25, 0.3) is 0 Å². The summed E-state index contributed by atoms with van der Waals surface area (Å²) in [5, 5.41) is 42.7. The zero-order valence-electron chi connectivity index (χ0n) is 16.1. The highest BCUT2D eigenvalue weighted by molar-refractivity contribution is 9.10. The van der Waals surface area contributed by atoms with Crippen molar-refractivity contribution in [2.45, 2.75) is 61.7 Å². The number of aliphatic hydroxyl groups excluding tert-OH is 3. The number of carbonyl (C=O) groups excluding carboxylic acids is 2. The second kappa shape index (κ2) is 6.08. The Balaban J connectivity index is 1.84. The molecule has 0 amide bonds. The second-order valence-electron chi connectivity index (χ2n) is 9.36. The highest BCUT2D eigenvalue weighted by Gasteiger charge is 2.75. The van der Waals surface area contributed by atoms with Crippen LogP contribution in [0.5, 0.6) is 0 Å². The third-order valence-electron chi connectivity index (χ3n) is 8.43. The fourth-order valence-electron chi connectivity index (χ4n) is 6.85. The van der Waals surface area contributed by atoms with Crippen LogP contribution < -0.4 is 0 Å². The van der Waals surface area contributed by atoms with Gasteiger partial charge in [-0.15, -0.1) is 0 Å². The molecule has 0 bridgehead atoms. The van der Waals surface area contributed by atoms with Gasteiger partial charge in [0, 0.05) is 10.8 Å². The summed E-state index contributed by atoms with van der Waals surface area (Å²) in [6, 6.07) is 0. The fourth-order valence-corrected chi connectivity index (χ4v) is 7.95. The molecule has 3 saturated carbocycles. The third kappa shape index (κ3) is 2.12. The first-order valence-electron chi connectivity index (χ1n) is 9.82. The molecule has 3 fully saturated rings. The molecule has 6 nitrogen and oxygen atoms in total. The van der Waals surface area contributed by atoms with E-state index in [1.807, 2.05) is 13.0 Å². The van der Waals surface area contributed by atoms with E-state index in [2.05, 4.69) is 15.9 Å². The van der Waals surface area contributed by atoms with Crippen molar-refractivity contribution in [2.24, 2.45) is 22.7 Å². The summed E-state index contributed by atoms with van der Waals surface area (Å²) < 4.78 is -0.779. The van der Waals surface area contributed by atoms with Gasteiger partial charge in [0.05, 0.1) is 16.5 Å². The Morgan fingerprint density at radius 3 is 2.57 bits per heavy atom. The van der Waals surface area contributed by atoms with Gasteiger partial charge in [-0.3, -0.25) is 9.59 Å². The van der Waals surface area contributed by atoms with E-state index in [0.29, 0.717) is 12.8 Å². The van der Waals surface area contributed by atoms with Crippen molar-refractivity contribution in [3.05, 3.63) is 23.8 Å². The number of allylic oxidation sites excluding steroid dienone is 4. The van der Waals surface area contributed by atoms with E-state index in [1.165, 1.54) is 6.08 Å². The number of Topliss-reactive ketones (excluding diaryl/α,β-unsaturated/α-hetero) is 1. The Kier molecular flexibility index (Phi) is 4.43. The summed E-state index contributed by atoms with van der Waals surface area (Å²) in [5.41, 5.74) is -2.76. The van der Waals surface area contributed by atoms with Gasteiger partial charge in [-0.2, -0.15) is 0 Å². The standard InChI is InChI=1S/C21H27BrO6/c1-18-6-5-12(24)7-11(18)3-4-13-14-8-15(25)21(28,17(27)10-23)19(14,2)9-16(26)20(13,18)22/h5-7,13-16,23,25-26,28H,3-4,8-10H2,1-2H3/t13-,14?,15+,16-,18-,19-,20-,21-/m0/s1. The van der Waals surface area contributed by atoms with Gasteiger partial charge in [-0.1, -0.05) is 41.4 Å². The van der Waals surface area contributed by atoms with E-state index in [4.69, 9.17) is 0 Å². The van der Waals surface area contributed by atoms with E-state index in [0.717, 1.165) is 5.57 Å². The number of rotatable bonds is 2. The maximum absolute atomic E-state index is 12.5. The minimum absolute atomic E-state index is 0.0589. The molecule has 0 radical (unpaired) electrons. The lowest BCUT2D eigenvalue weighted by atomic mass is 9.46. The average molecular weight is 455 g/mol. The molecule has 0 aromatic rings. The van der Waals surface area contributed by atoms with E-state index in [-0.39, 0.29) is 30.5 Å². The highest BCUT2D eigenvalue weighted by Crippen LogP contribution is 2.70. The lowest BCUT2D eigenvalue weighted by Crippen LogP contribution is -2.69. The number of hydrogen-bond acceptors (Lipinski definition) is 6. The summed E-state index contributed by atoms with van der Waals surface area (Å²) in [6.07, 6.45) is 4.48. The molecule has 154 valence electrons. The molecule has 7 heteroatoms. The predicted octanol–water partition coefficient (Wildman–Crippen LogP) is 1.05. The summed E-state index contributed by atoms with van der Waals surface area (Å²) in [5.74, 6) is -1.21. The maximum atomic E-state index is 12.5. The number of alkyl halides is 1. The quantitative estimate of drug-likeness (QED) is 0.463. The average Bonchev–Trinajstić information content (AvgIpc) is 2.84. The number of aliphatic hydroxyl groups is 4. The van der Waals surface area contributed by atoms with Crippen molar-refractivity contribution >= 4 is 27.5 Å². The van der Waals surface area contributed by atoms with Gasteiger partial charge >= 0.3 is 0 Å². The lowest BCUT2D eigenvalue weighted by molar-refractivity contribution is -0.185. The van der Waals surface area contributed by atoms with Gasteiger partial charge in [-0.25, -0.2) is 0 Å². The summed E-state index contributed by atoms with van der Waals surface area (Å²) >= 11 is 3.88. The molecule has 4 aliphatic carbocycles. The van der Waals surface area contributed by atoms with Crippen LogP contribution in [0.3, 0.4) is 0 Å². The van der Waals surface area contributed by atoms with E-state index < -0.39 is 45.4 Å². The monoisotopic (exact) mass is 454 g/mol. The lowest BCUT2D eigenvalue weighted by Gasteiger charge is -2.64. The van der Waals surface area contributed by atoms with Crippen LogP contribution in [-0.4, -0.2) is 60.7 Å². The van der Waals surface area contributed by atoms with Crippen molar-refractivity contribution in [3.8, 4) is 0 Å². The topological polar surface area (TPSA) is 115 Å². The molecule has 0 aliphatic heterocycles. The van der Waals surface area contributed by atoms with Crippen LogP contribution in [0.15, 0.2) is 23.8 Å². The molecule has 4 aliphatic rings. The van der Waals surface area contributed by atoms with E-state index in [9.17, 15) is 30.0 Å². The van der Waals surface area contributed by atoms with Gasteiger partial charge in [-0.05, 0) is 49.7 Å². The van der Waals surface area contributed by atoms with Crippen molar-refractivity contribution in [2.75, 3.05) is 6.61 Å². The van der Waals surface area contributed by atoms with Gasteiger partial charge in [0.2, 0.25) is 0 Å². The van der Waals surface area contributed by atoms with Crippen LogP contribution in [0.2, 0.25) is 0 Å². The first-order chi connectivity index (χ1) is 13.0. The first-order valence-corrected chi connectivity index (χ1v) is 10.6. The summed E-state index contributed by atoms with van der Waals surface area (Å²) in [4.78, 5) is 24.4. The second-order valence-corrected chi connectivity index (χ2v) is 10.7. The number of carbonyl (C=O) groups is 2. The molecule has 0 saturated heterocycles. The smallest absolute Gasteiger partial charge is 0.192 e. The highest BCUT2D eigenvalue weighted by atomic mass is 79.9. The van der Waals surface area contributed by atoms with Crippen LogP contribution in [0.25, 0.3) is 0 Å². The summed E-state index contributed by atoms with van der Waals surface area (Å²) in [7, 11) is 0. The normalized spacial score (nSPS) is 52.5.